The van der Waals surface area contributed by atoms with Gasteiger partial charge >= 0.3 is 0 Å². The van der Waals surface area contributed by atoms with E-state index in [0.717, 1.165) is 42.7 Å². The van der Waals surface area contributed by atoms with E-state index in [1.165, 1.54) is 11.9 Å². The number of benzene rings is 2. The number of nitrogens with zero attached hydrogens (tertiary/aromatic N) is 3. The number of aliphatic hydroxyl groups excluding tert-OH is 1. The molecule has 0 spiro atoms. The molecule has 7 heteroatoms. The van der Waals surface area contributed by atoms with Gasteiger partial charge in [-0.25, -0.2) is 4.98 Å². The first-order valence-corrected chi connectivity index (χ1v) is 11.2. The summed E-state index contributed by atoms with van der Waals surface area (Å²) in [4.78, 5) is 20.2. The van der Waals surface area contributed by atoms with Crippen LogP contribution in [0.5, 0.6) is 5.75 Å². The number of nitrogens with one attached hydrogen (secondary N) is 1. The van der Waals surface area contributed by atoms with Crippen LogP contribution in [0.25, 0.3) is 0 Å². The van der Waals surface area contributed by atoms with Gasteiger partial charge in [-0.2, -0.15) is 5.26 Å². The fourth-order valence-electron chi connectivity index (χ4n) is 4.12. The first-order valence-electron chi connectivity index (χ1n) is 11.2. The molecule has 1 saturated heterocycles. The lowest BCUT2D eigenvalue weighted by Gasteiger charge is -2.14. The van der Waals surface area contributed by atoms with Crippen molar-refractivity contribution in [2.75, 3.05) is 19.7 Å². The lowest BCUT2D eigenvalue weighted by Crippen LogP contribution is -2.19. The highest BCUT2D eigenvalue weighted by Crippen LogP contribution is 2.23. The number of rotatable bonds is 6. The molecule has 0 bridgehead atoms. The second-order valence-corrected chi connectivity index (χ2v) is 8.53. The van der Waals surface area contributed by atoms with Crippen LogP contribution >= 0.6 is 0 Å². The van der Waals surface area contributed by atoms with Gasteiger partial charge in [-0.3, -0.25) is 9.69 Å². The average Bonchev–Trinajstić information content (AvgIpc) is 3.32. The van der Waals surface area contributed by atoms with Gasteiger partial charge in [0.1, 0.15) is 0 Å². The Bertz CT molecular complexity index is 1280. The van der Waals surface area contributed by atoms with E-state index in [4.69, 9.17) is 5.26 Å². The smallest absolute Gasteiger partial charge is 0.293 e. The largest absolute Gasteiger partial charge is 0.502 e. The molecule has 0 amide bonds. The molecule has 1 aliphatic rings. The summed E-state index contributed by atoms with van der Waals surface area (Å²) in [7, 11) is 0. The van der Waals surface area contributed by atoms with E-state index < -0.39 is 11.3 Å². The molecule has 1 aromatic heterocycles. The maximum atomic E-state index is 11.6. The average molecular weight is 455 g/mol. The van der Waals surface area contributed by atoms with Gasteiger partial charge in [-0.05, 0) is 48.4 Å². The molecule has 2 heterocycles. The number of nitriles is 1. The van der Waals surface area contributed by atoms with Crippen LogP contribution < -0.4 is 5.56 Å². The van der Waals surface area contributed by atoms with E-state index in [2.05, 4.69) is 44.9 Å². The Kier molecular flexibility index (Phi) is 7.39. The van der Waals surface area contributed by atoms with E-state index in [1.54, 1.807) is 0 Å². The van der Waals surface area contributed by atoms with Crippen molar-refractivity contribution < 1.29 is 10.2 Å². The zero-order valence-electron chi connectivity index (χ0n) is 18.7. The maximum Gasteiger partial charge on any atom is 0.293 e. The summed E-state index contributed by atoms with van der Waals surface area (Å²) in [6.45, 7) is 2.52. The van der Waals surface area contributed by atoms with Crippen molar-refractivity contribution in [2.24, 2.45) is 5.92 Å². The molecule has 0 radical (unpaired) electrons. The highest BCUT2D eigenvalue weighted by Gasteiger charge is 2.21. The molecule has 1 fully saturated rings. The monoisotopic (exact) mass is 454 g/mol. The SMILES string of the molecule is N#C[C@H]1CCN(Cc2ccc(C#Cc3ccc([C@@H](CO)Cc4nc[nH]c(=O)c4O)cc3)cc2)C1. The van der Waals surface area contributed by atoms with Crippen LogP contribution in [0.3, 0.4) is 0 Å². The standard InChI is InChI=1S/C27H26N4O3/c28-14-22-11-12-31(16-22)15-21-5-3-19(4-6-21)1-2-20-7-9-23(10-8-20)24(17-32)13-25-26(33)27(34)30-18-29-25/h3-10,18,22,24,32-33H,11-13,15-17H2,(H,29,30,34)/t22-,24-/m1/s1. The van der Waals surface area contributed by atoms with Crippen molar-refractivity contribution in [3.05, 3.63) is 93.2 Å². The summed E-state index contributed by atoms with van der Waals surface area (Å²) in [5, 5.41) is 28.8. The topological polar surface area (TPSA) is 113 Å². The van der Waals surface area contributed by atoms with Gasteiger partial charge in [0, 0.05) is 36.6 Å². The summed E-state index contributed by atoms with van der Waals surface area (Å²) in [5.74, 6) is 5.77. The number of hydrogen-bond acceptors (Lipinski definition) is 6. The normalized spacial score (nSPS) is 16.4. The maximum absolute atomic E-state index is 11.6. The molecule has 172 valence electrons. The van der Waals surface area contributed by atoms with Gasteiger partial charge in [0.2, 0.25) is 5.75 Å². The second-order valence-electron chi connectivity index (χ2n) is 8.53. The Morgan fingerprint density at radius 2 is 1.79 bits per heavy atom. The van der Waals surface area contributed by atoms with Gasteiger partial charge in [0.25, 0.3) is 5.56 Å². The molecule has 4 rings (SSSR count). The van der Waals surface area contributed by atoms with Crippen LogP contribution in [0.2, 0.25) is 0 Å². The third-order valence-corrected chi connectivity index (χ3v) is 6.11. The van der Waals surface area contributed by atoms with Crippen molar-refractivity contribution in [1.29, 1.82) is 5.26 Å². The minimum absolute atomic E-state index is 0.139. The molecule has 7 nitrogen and oxygen atoms in total. The number of aromatic nitrogens is 2. The molecule has 34 heavy (non-hydrogen) atoms. The fraction of sp³-hybridized carbons (Fsp3) is 0.296. The highest BCUT2D eigenvalue weighted by molar-refractivity contribution is 5.44. The molecular formula is C27H26N4O3. The third kappa shape index (κ3) is 5.71. The molecule has 0 unspecified atom stereocenters. The van der Waals surface area contributed by atoms with E-state index in [1.807, 2.05) is 36.4 Å². The highest BCUT2D eigenvalue weighted by atomic mass is 16.3. The Morgan fingerprint density at radius 1 is 1.12 bits per heavy atom. The van der Waals surface area contributed by atoms with Gasteiger partial charge < -0.3 is 15.2 Å². The van der Waals surface area contributed by atoms with E-state index >= 15 is 0 Å². The van der Waals surface area contributed by atoms with Crippen LogP contribution in [0, 0.1) is 29.1 Å². The molecule has 3 aromatic rings. The molecule has 0 saturated carbocycles. The Balaban J connectivity index is 1.38. The lowest BCUT2D eigenvalue weighted by atomic mass is 9.94. The van der Waals surface area contributed by atoms with Crippen LogP contribution in [0.15, 0.2) is 59.7 Å². The first-order chi connectivity index (χ1) is 16.6. The van der Waals surface area contributed by atoms with Crippen molar-refractivity contribution in [3.63, 3.8) is 0 Å². The number of H-pyrrole nitrogens is 1. The fourth-order valence-corrected chi connectivity index (χ4v) is 4.12. The summed E-state index contributed by atoms with van der Waals surface area (Å²) in [6, 6.07) is 18.1. The van der Waals surface area contributed by atoms with Gasteiger partial charge in [0.15, 0.2) is 0 Å². The van der Waals surface area contributed by atoms with Crippen molar-refractivity contribution in [3.8, 4) is 23.7 Å². The molecule has 0 aliphatic carbocycles. The van der Waals surface area contributed by atoms with Crippen LogP contribution in [0.4, 0.5) is 0 Å². The number of aromatic amines is 1. The van der Waals surface area contributed by atoms with Crippen LogP contribution in [-0.2, 0) is 13.0 Å². The summed E-state index contributed by atoms with van der Waals surface area (Å²) < 4.78 is 0. The quantitative estimate of drug-likeness (QED) is 0.494. The third-order valence-electron chi connectivity index (χ3n) is 6.11. The van der Waals surface area contributed by atoms with Crippen LogP contribution in [-0.4, -0.2) is 44.8 Å². The van der Waals surface area contributed by atoms with Crippen molar-refractivity contribution >= 4 is 0 Å². The number of likely N-dealkylation sites (tertiary alicyclic amines) is 1. The Morgan fingerprint density at radius 3 is 2.41 bits per heavy atom. The number of aliphatic hydroxyl groups is 1. The predicted molar refractivity (Wildman–Crippen MR) is 128 cm³/mol. The van der Waals surface area contributed by atoms with Gasteiger partial charge in [-0.1, -0.05) is 36.1 Å². The number of hydrogen-bond donors (Lipinski definition) is 3. The minimum atomic E-state index is -0.593. The Hall–Kier alpha value is -3.91. The van der Waals surface area contributed by atoms with Crippen LogP contribution in [0.1, 0.15) is 40.3 Å². The van der Waals surface area contributed by atoms with Gasteiger partial charge in [0.05, 0.1) is 30.6 Å². The molecule has 1 aliphatic heterocycles. The molecular weight excluding hydrogens is 428 g/mol. The van der Waals surface area contributed by atoms with Crippen molar-refractivity contribution in [2.45, 2.75) is 25.3 Å². The van der Waals surface area contributed by atoms with E-state index in [-0.39, 0.29) is 30.6 Å². The number of aromatic hydroxyl groups is 1. The summed E-state index contributed by atoms with van der Waals surface area (Å²) in [6.07, 6.45) is 2.44. The van der Waals surface area contributed by atoms with E-state index in [0.29, 0.717) is 0 Å². The Labute approximate surface area is 198 Å². The molecule has 2 aromatic carbocycles. The predicted octanol–water partition coefficient (Wildman–Crippen LogP) is 2.54. The summed E-state index contributed by atoms with van der Waals surface area (Å²) in [5.41, 5.74) is 3.52. The molecule has 2 atom stereocenters. The minimum Gasteiger partial charge on any atom is -0.502 e. The van der Waals surface area contributed by atoms with Crippen molar-refractivity contribution in [1.82, 2.24) is 14.9 Å². The van der Waals surface area contributed by atoms with E-state index in [9.17, 15) is 15.0 Å². The zero-order valence-corrected chi connectivity index (χ0v) is 18.7. The summed E-state index contributed by atoms with van der Waals surface area (Å²) >= 11 is 0. The zero-order chi connectivity index (χ0) is 23.9. The second kappa shape index (κ2) is 10.8. The van der Waals surface area contributed by atoms with Gasteiger partial charge in [-0.15, -0.1) is 0 Å². The lowest BCUT2D eigenvalue weighted by molar-refractivity contribution is 0.263. The molecule has 3 N–H and O–H groups in total. The first kappa shape index (κ1) is 23.3.